The lowest BCUT2D eigenvalue weighted by atomic mass is 10.3. The Balaban J connectivity index is 1.59. The predicted octanol–water partition coefficient (Wildman–Crippen LogP) is 4.65. The molecule has 162 valence electrons. The smallest absolute Gasteiger partial charge is 0.237 e. The summed E-state index contributed by atoms with van der Waals surface area (Å²) >= 11 is 7.61. The number of anilines is 2. The Bertz CT molecular complexity index is 1070. The minimum atomic E-state index is -0.404. The number of nitrogens with one attached hydrogen (secondary N) is 1. The summed E-state index contributed by atoms with van der Waals surface area (Å²) in [7, 11) is 1.58. The van der Waals surface area contributed by atoms with Gasteiger partial charge in [0.1, 0.15) is 5.75 Å². The number of nitrogens with zero attached hydrogens (tertiary/aromatic N) is 4. The topological polar surface area (TPSA) is 72.3 Å². The summed E-state index contributed by atoms with van der Waals surface area (Å²) in [5, 5.41) is 12.7. The van der Waals surface area contributed by atoms with E-state index in [0.717, 1.165) is 37.6 Å². The highest BCUT2D eigenvalue weighted by molar-refractivity contribution is 8.00. The normalized spacial score (nSPS) is 14.5. The average molecular weight is 458 g/mol. The first kappa shape index (κ1) is 21.5. The maximum atomic E-state index is 12.9. The molecule has 31 heavy (non-hydrogen) atoms. The molecule has 1 fully saturated rings. The third-order valence-corrected chi connectivity index (χ3v) is 6.37. The first-order chi connectivity index (χ1) is 15.1. The number of para-hydroxylation sites is 2. The van der Waals surface area contributed by atoms with Crippen molar-refractivity contribution in [1.82, 2.24) is 14.8 Å². The van der Waals surface area contributed by atoms with Crippen LogP contribution in [0.4, 0.5) is 11.6 Å². The molecule has 1 N–H and O–H groups in total. The second-order valence-corrected chi connectivity index (χ2v) is 8.99. The SMILES string of the molecule is COc1ccccc1NC(=O)C(C)Sc1nnc(N2CCCC2)n1-c1cccc(Cl)c1. The summed E-state index contributed by atoms with van der Waals surface area (Å²) < 4.78 is 7.31. The van der Waals surface area contributed by atoms with Crippen LogP contribution in [-0.4, -0.2) is 46.1 Å². The van der Waals surface area contributed by atoms with Gasteiger partial charge in [0.25, 0.3) is 0 Å². The van der Waals surface area contributed by atoms with Crippen molar-refractivity contribution in [2.45, 2.75) is 30.2 Å². The van der Waals surface area contributed by atoms with Gasteiger partial charge in [-0.15, -0.1) is 10.2 Å². The van der Waals surface area contributed by atoms with E-state index in [1.807, 2.05) is 60.0 Å². The fourth-order valence-corrected chi connectivity index (χ4v) is 4.54. The van der Waals surface area contributed by atoms with Crippen molar-refractivity contribution in [3.8, 4) is 11.4 Å². The summed E-state index contributed by atoms with van der Waals surface area (Å²) in [6, 6.07) is 14.9. The number of carbonyl (C=O) groups is 1. The largest absolute Gasteiger partial charge is 0.495 e. The third-order valence-electron chi connectivity index (χ3n) is 5.09. The second kappa shape index (κ2) is 9.62. The lowest BCUT2D eigenvalue weighted by Gasteiger charge is -2.19. The summed E-state index contributed by atoms with van der Waals surface area (Å²) in [6.45, 7) is 3.72. The molecule has 1 saturated heterocycles. The number of hydrogen-bond donors (Lipinski definition) is 1. The minimum absolute atomic E-state index is 0.141. The van der Waals surface area contributed by atoms with Crippen molar-refractivity contribution in [2.24, 2.45) is 0 Å². The molecule has 0 spiro atoms. The maximum Gasteiger partial charge on any atom is 0.237 e. The molecule has 2 aromatic carbocycles. The van der Waals surface area contributed by atoms with Crippen LogP contribution >= 0.6 is 23.4 Å². The zero-order valence-corrected chi connectivity index (χ0v) is 19.0. The number of aromatic nitrogens is 3. The Labute approximate surface area is 190 Å². The van der Waals surface area contributed by atoms with Gasteiger partial charge in [-0.25, -0.2) is 0 Å². The molecule has 1 amide bonds. The number of rotatable bonds is 7. The van der Waals surface area contributed by atoms with E-state index in [9.17, 15) is 4.79 Å². The van der Waals surface area contributed by atoms with E-state index in [1.165, 1.54) is 11.8 Å². The van der Waals surface area contributed by atoms with Gasteiger partial charge in [-0.2, -0.15) is 0 Å². The number of thioether (sulfide) groups is 1. The van der Waals surface area contributed by atoms with Crippen LogP contribution in [0, 0.1) is 0 Å². The van der Waals surface area contributed by atoms with Crippen LogP contribution in [0.2, 0.25) is 5.02 Å². The van der Waals surface area contributed by atoms with E-state index in [4.69, 9.17) is 16.3 Å². The number of hydrogen-bond acceptors (Lipinski definition) is 6. The zero-order valence-electron chi connectivity index (χ0n) is 17.4. The van der Waals surface area contributed by atoms with Crippen molar-refractivity contribution in [2.75, 3.05) is 30.4 Å². The maximum absolute atomic E-state index is 12.9. The van der Waals surface area contributed by atoms with Gasteiger partial charge < -0.3 is 15.0 Å². The van der Waals surface area contributed by atoms with Crippen LogP contribution in [0.15, 0.2) is 53.7 Å². The quantitative estimate of drug-likeness (QED) is 0.521. The Kier molecular flexibility index (Phi) is 6.67. The predicted molar refractivity (Wildman–Crippen MR) is 125 cm³/mol. The van der Waals surface area contributed by atoms with Crippen LogP contribution < -0.4 is 15.0 Å². The third kappa shape index (κ3) is 4.80. The van der Waals surface area contributed by atoms with Crippen LogP contribution in [0.5, 0.6) is 5.75 Å². The number of ether oxygens (including phenoxy) is 1. The van der Waals surface area contributed by atoms with Gasteiger partial charge >= 0.3 is 0 Å². The molecular weight excluding hydrogens is 434 g/mol. The van der Waals surface area contributed by atoms with Gasteiger partial charge in [-0.1, -0.05) is 41.6 Å². The van der Waals surface area contributed by atoms with Gasteiger partial charge in [-0.05, 0) is 50.1 Å². The molecule has 0 aliphatic carbocycles. The summed E-state index contributed by atoms with van der Waals surface area (Å²) in [6.07, 6.45) is 2.26. The number of benzene rings is 2. The molecule has 1 unspecified atom stereocenters. The molecule has 7 nitrogen and oxygen atoms in total. The van der Waals surface area contributed by atoms with E-state index in [1.54, 1.807) is 7.11 Å². The van der Waals surface area contributed by atoms with Gasteiger partial charge in [0, 0.05) is 18.1 Å². The molecule has 1 atom stereocenters. The summed E-state index contributed by atoms with van der Waals surface area (Å²) in [5.41, 5.74) is 1.51. The Hall–Kier alpha value is -2.71. The van der Waals surface area contributed by atoms with Crippen LogP contribution in [0.1, 0.15) is 19.8 Å². The number of methoxy groups -OCH3 is 1. The van der Waals surface area contributed by atoms with E-state index in [2.05, 4.69) is 20.4 Å². The molecule has 1 aliphatic heterocycles. The molecular formula is C22H24ClN5O2S. The van der Waals surface area contributed by atoms with E-state index < -0.39 is 5.25 Å². The highest BCUT2D eigenvalue weighted by Crippen LogP contribution is 2.32. The number of halogens is 1. The molecule has 0 saturated carbocycles. The number of amides is 1. The molecule has 1 aromatic heterocycles. The monoisotopic (exact) mass is 457 g/mol. The molecule has 9 heteroatoms. The molecule has 0 bridgehead atoms. The van der Waals surface area contributed by atoms with Crippen LogP contribution in [-0.2, 0) is 4.79 Å². The van der Waals surface area contributed by atoms with Crippen molar-refractivity contribution >= 4 is 40.9 Å². The average Bonchev–Trinajstić information content (AvgIpc) is 3.44. The molecule has 2 heterocycles. The van der Waals surface area contributed by atoms with E-state index in [0.29, 0.717) is 21.6 Å². The van der Waals surface area contributed by atoms with Gasteiger partial charge in [-0.3, -0.25) is 9.36 Å². The number of carbonyl (C=O) groups excluding carboxylic acids is 1. The fraction of sp³-hybridized carbons (Fsp3) is 0.318. The highest BCUT2D eigenvalue weighted by Gasteiger charge is 2.25. The summed E-state index contributed by atoms with van der Waals surface area (Å²) in [4.78, 5) is 15.1. The molecule has 0 radical (unpaired) electrons. The first-order valence-corrected chi connectivity index (χ1v) is 11.4. The first-order valence-electron chi connectivity index (χ1n) is 10.1. The summed E-state index contributed by atoms with van der Waals surface area (Å²) in [5.74, 6) is 1.25. The molecule has 3 aromatic rings. The standard InChI is InChI=1S/C22H24ClN5O2S/c1-15(20(29)24-18-10-3-4-11-19(18)30-2)31-22-26-25-21(27-12-5-6-13-27)28(22)17-9-7-8-16(23)14-17/h3-4,7-11,14-15H,5-6,12-13H2,1-2H3,(H,24,29). The van der Waals surface area contributed by atoms with Crippen molar-refractivity contribution in [3.05, 3.63) is 53.6 Å². The molecule has 1 aliphatic rings. The van der Waals surface area contributed by atoms with Gasteiger partial charge in [0.05, 0.1) is 23.7 Å². The van der Waals surface area contributed by atoms with Crippen molar-refractivity contribution < 1.29 is 9.53 Å². The molecule has 4 rings (SSSR count). The lowest BCUT2D eigenvalue weighted by Crippen LogP contribution is -2.24. The Morgan fingerprint density at radius 2 is 1.94 bits per heavy atom. The highest BCUT2D eigenvalue weighted by atomic mass is 35.5. The van der Waals surface area contributed by atoms with Crippen molar-refractivity contribution in [3.63, 3.8) is 0 Å². The van der Waals surface area contributed by atoms with Gasteiger partial charge in [0.15, 0.2) is 5.16 Å². The van der Waals surface area contributed by atoms with E-state index in [-0.39, 0.29) is 5.91 Å². The zero-order chi connectivity index (χ0) is 21.8. The van der Waals surface area contributed by atoms with Gasteiger partial charge in [0.2, 0.25) is 11.9 Å². The minimum Gasteiger partial charge on any atom is -0.495 e. The lowest BCUT2D eigenvalue weighted by molar-refractivity contribution is -0.115. The second-order valence-electron chi connectivity index (χ2n) is 7.24. The van der Waals surface area contributed by atoms with Crippen molar-refractivity contribution in [1.29, 1.82) is 0 Å². The van der Waals surface area contributed by atoms with E-state index >= 15 is 0 Å². The Morgan fingerprint density at radius 3 is 2.68 bits per heavy atom. The van der Waals surface area contributed by atoms with Crippen LogP contribution in [0.3, 0.4) is 0 Å². The Morgan fingerprint density at radius 1 is 1.16 bits per heavy atom. The van der Waals surface area contributed by atoms with Crippen LogP contribution in [0.25, 0.3) is 5.69 Å². The fourth-order valence-electron chi connectivity index (χ4n) is 3.50.